The lowest BCUT2D eigenvalue weighted by Crippen LogP contribution is -2.40. The van der Waals surface area contributed by atoms with Crippen LogP contribution >= 0.6 is 0 Å². The first-order chi connectivity index (χ1) is 8.58. The monoisotopic (exact) mass is 249 g/mol. The van der Waals surface area contributed by atoms with Crippen LogP contribution in [0.1, 0.15) is 31.9 Å². The third kappa shape index (κ3) is 2.67. The molecular weight excluding hydrogens is 233 g/mol. The number of amides is 2. The maximum absolute atomic E-state index is 12.9. The highest BCUT2D eigenvalue weighted by atomic mass is 19.1. The van der Waals surface area contributed by atoms with Gasteiger partial charge in [-0.05, 0) is 31.5 Å². The number of carbonyl (C=O) groups excluding carboxylic acids is 1. The molecule has 0 fully saturated rings. The van der Waals surface area contributed by atoms with Gasteiger partial charge in [0.1, 0.15) is 5.82 Å². The highest BCUT2D eigenvalue weighted by Gasteiger charge is 2.28. The number of hydrazone groups is 1. The zero-order valence-corrected chi connectivity index (χ0v) is 10.4. The maximum atomic E-state index is 12.9. The van der Waals surface area contributed by atoms with E-state index in [1.807, 2.05) is 13.8 Å². The fraction of sp³-hybridized carbons (Fsp3) is 0.385. The fourth-order valence-electron chi connectivity index (χ4n) is 1.88. The standard InChI is InChI=1S/C13H16FN3O/c1-9(2)16-13(18)17-12(7-8-15-17)10-3-5-11(14)6-4-10/h3-6,8-9,12H,7H2,1-2H3,(H,16,18). The Labute approximate surface area is 105 Å². The number of urea groups is 1. The zero-order valence-electron chi connectivity index (χ0n) is 10.4. The van der Waals surface area contributed by atoms with Crippen LogP contribution in [0.25, 0.3) is 0 Å². The molecule has 2 rings (SSSR count). The average molecular weight is 249 g/mol. The Morgan fingerprint density at radius 2 is 2.11 bits per heavy atom. The second kappa shape index (κ2) is 5.16. The smallest absolute Gasteiger partial charge is 0.334 e. The molecule has 96 valence electrons. The first-order valence-corrected chi connectivity index (χ1v) is 5.95. The fourth-order valence-corrected chi connectivity index (χ4v) is 1.88. The van der Waals surface area contributed by atoms with Crippen LogP contribution in [-0.4, -0.2) is 23.3 Å². The van der Waals surface area contributed by atoms with E-state index in [2.05, 4.69) is 10.4 Å². The van der Waals surface area contributed by atoms with Crippen molar-refractivity contribution in [2.45, 2.75) is 32.4 Å². The Morgan fingerprint density at radius 1 is 1.44 bits per heavy atom. The lowest BCUT2D eigenvalue weighted by molar-refractivity contribution is 0.183. The summed E-state index contributed by atoms with van der Waals surface area (Å²) in [6.07, 6.45) is 2.35. The van der Waals surface area contributed by atoms with Gasteiger partial charge in [0.2, 0.25) is 0 Å². The highest BCUT2D eigenvalue weighted by molar-refractivity contribution is 5.78. The molecule has 4 nitrogen and oxygen atoms in total. The van der Waals surface area contributed by atoms with Gasteiger partial charge < -0.3 is 5.32 Å². The zero-order chi connectivity index (χ0) is 13.1. The van der Waals surface area contributed by atoms with Crippen molar-refractivity contribution in [3.63, 3.8) is 0 Å². The highest BCUT2D eigenvalue weighted by Crippen LogP contribution is 2.28. The Balaban J connectivity index is 2.13. The van der Waals surface area contributed by atoms with E-state index in [0.717, 1.165) is 5.56 Å². The molecule has 0 bridgehead atoms. The predicted molar refractivity (Wildman–Crippen MR) is 67.8 cm³/mol. The summed E-state index contributed by atoms with van der Waals surface area (Å²) in [7, 11) is 0. The van der Waals surface area contributed by atoms with Crippen LogP contribution in [-0.2, 0) is 0 Å². The number of carbonyl (C=O) groups is 1. The van der Waals surface area contributed by atoms with E-state index in [-0.39, 0.29) is 23.9 Å². The van der Waals surface area contributed by atoms with E-state index in [9.17, 15) is 9.18 Å². The number of halogens is 1. The van der Waals surface area contributed by atoms with E-state index >= 15 is 0 Å². The Bertz CT molecular complexity index is 456. The molecule has 0 radical (unpaired) electrons. The van der Waals surface area contributed by atoms with Gasteiger partial charge in [-0.25, -0.2) is 14.2 Å². The van der Waals surface area contributed by atoms with Crippen molar-refractivity contribution >= 4 is 12.2 Å². The van der Waals surface area contributed by atoms with Crippen molar-refractivity contribution in [1.82, 2.24) is 10.3 Å². The number of nitrogens with zero attached hydrogens (tertiary/aromatic N) is 2. The molecule has 1 heterocycles. The van der Waals surface area contributed by atoms with Gasteiger partial charge in [0, 0.05) is 18.7 Å². The minimum absolute atomic E-state index is 0.0576. The van der Waals surface area contributed by atoms with Crippen LogP contribution in [0.3, 0.4) is 0 Å². The summed E-state index contributed by atoms with van der Waals surface area (Å²) in [5, 5.41) is 8.28. The third-order valence-corrected chi connectivity index (χ3v) is 2.70. The van der Waals surface area contributed by atoms with Crippen molar-refractivity contribution in [2.75, 3.05) is 0 Å². The molecule has 0 saturated heterocycles. The summed E-state index contributed by atoms with van der Waals surface area (Å²) in [5.74, 6) is -0.282. The molecule has 1 unspecified atom stereocenters. The number of rotatable bonds is 2. The van der Waals surface area contributed by atoms with E-state index in [4.69, 9.17) is 0 Å². The first-order valence-electron chi connectivity index (χ1n) is 5.95. The first kappa shape index (κ1) is 12.5. The summed E-state index contributed by atoms with van der Waals surface area (Å²) in [5.41, 5.74) is 0.882. The summed E-state index contributed by atoms with van der Waals surface area (Å²) in [6.45, 7) is 3.79. The second-order valence-electron chi connectivity index (χ2n) is 4.55. The van der Waals surface area contributed by atoms with Crippen LogP contribution in [0, 0.1) is 5.82 Å². The number of nitrogens with one attached hydrogen (secondary N) is 1. The van der Waals surface area contributed by atoms with Crippen molar-refractivity contribution in [3.8, 4) is 0 Å². The normalized spacial score (nSPS) is 18.4. The van der Waals surface area contributed by atoms with Crippen molar-refractivity contribution in [3.05, 3.63) is 35.6 Å². The minimum Gasteiger partial charge on any atom is -0.334 e. The summed E-state index contributed by atoms with van der Waals surface area (Å²) in [6, 6.07) is 5.84. The Kier molecular flexibility index (Phi) is 3.60. The lowest BCUT2D eigenvalue weighted by atomic mass is 10.0. The number of hydrogen-bond donors (Lipinski definition) is 1. The van der Waals surface area contributed by atoms with Gasteiger partial charge in [-0.3, -0.25) is 0 Å². The molecule has 5 heteroatoms. The molecule has 1 aromatic rings. The number of benzene rings is 1. The van der Waals surface area contributed by atoms with Crippen molar-refractivity contribution < 1.29 is 9.18 Å². The van der Waals surface area contributed by atoms with Gasteiger partial charge >= 0.3 is 6.03 Å². The van der Waals surface area contributed by atoms with Crippen LogP contribution in [0.5, 0.6) is 0 Å². The summed E-state index contributed by atoms with van der Waals surface area (Å²) in [4.78, 5) is 11.9. The van der Waals surface area contributed by atoms with Gasteiger partial charge in [-0.15, -0.1) is 0 Å². The molecule has 2 amide bonds. The molecule has 18 heavy (non-hydrogen) atoms. The van der Waals surface area contributed by atoms with Gasteiger partial charge in [0.25, 0.3) is 0 Å². The largest absolute Gasteiger partial charge is 0.338 e. The SMILES string of the molecule is CC(C)NC(=O)N1N=CCC1c1ccc(F)cc1. The second-order valence-corrected chi connectivity index (χ2v) is 4.55. The minimum atomic E-state index is -0.282. The molecule has 0 saturated carbocycles. The summed E-state index contributed by atoms with van der Waals surface area (Å²) >= 11 is 0. The van der Waals surface area contributed by atoms with E-state index in [0.29, 0.717) is 6.42 Å². The molecule has 1 aliphatic heterocycles. The maximum Gasteiger partial charge on any atom is 0.338 e. The van der Waals surface area contributed by atoms with Crippen molar-refractivity contribution in [2.24, 2.45) is 5.10 Å². The van der Waals surface area contributed by atoms with Crippen LogP contribution in [0.2, 0.25) is 0 Å². The van der Waals surface area contributed by atoms with E-state index < -0.39 is 0 Å². The van der Waals surface area contributed by atoms with Crippen LogP contribution in [0.15, 0.2) is 29.4 Å². The molecule has 0 aliphatic carbocycles. The quantitative estimate of drug-likeness (QED) is 0.860. The molecule has 1 atom stereocenters. The Morgan fingerprint density at radius 3 is 2.72 bits per heavy atom. The van der Waals surface area contributed by atoms with E-state index in [1.54, 1.807) is 18.3 Å². The number of hydrogen-bond acceptors (Lipinski definition) is 2. The molecule has 1 aliphatic rings. The van der Waals surface area contributed by atoms with E-state index in [1.165, 1.54) is 17.1 Å². The molecule has 0 aromatic heterocycles. The van der Waals surface area contributed by atoms with Gasteiger partial charge in [-0.1, -0.05) is 12.1 Å². The van der Waals surface area contributed by atoms with Gasteiger partial charge in [0.05, 0.1) is 6.04 Å². The van der Waals surface area contributed by atoms with Crippen LogP contribution < -0.4 is 5.32 Å². The summed E-state index contributed by atoms with van der Waals surface area (Å²) < 4.78 is 12.9. The molecular formula is C13H16FN3O. The molecule has 1 aromatic carbocycles. The average Bonchev–Trinajstić information content (AvgIpc) is 2.78. The van der Waals surface area contributed by atoms with Crippen molar-refractivity contribution in [1.29, 1.82) is 0 Å². The predicted octanol–water partition coefficient (Wildman–Crippen LogP) is 2.68. The topological polar surface area (TPSA) is 44.7 Å². The van der Waals surface area contributed by atoms with Gasteiger partial charge in [0.15, 0.2) is 0 Å². The lowest BCUT2D eigenvalue weighted by Gasteiger charge is -2.23. The van der Waals surface area contributed by atoms with Crippen LogP contribution in [0.4, 0.5) is 9.18 Å². The molecule has 0 spiro atoms. The third-order valence-electron chi connectivity index (χ3n) is 2.70. The Hall–Kier alpha value is -1.91. The molecule has 1 N–H and O–H groups in total. The van der Waals surface area contributed by atoms with Gasteiger partial charge in [-0.2, -0.15) is 5.10 Å².